The van der Waals surface area contributed by atoms with E-state index in [0.29, 0.717) is 16.5 Å². The van der Waals surface area contributed by atoms with E-state index in [2.05, 4.69) is 20.4 Å². The first-order valence-corrected chi connectivity index (χ1v) is 8.65. The van der Waals surface area contributed by atoms with Crippen LogP contribution in [0.25, 0.3) is 22.2 Å². The van der Waals surface area contributed by atoms with Crippen molar-refractivity contribution < 1.29 is 22.4 Å². The lowest BCUT2D eigenvalue weighted by Crippen LogP contribution is -2.14. The summed E-state index contributed by atoms with van der Waals surface area (Å²) in [5.41, 5.74) is 0.192. The third-order valence-electron chi connectivity index (χ3n) is 4.39. The highest BCUT2D eigenvalue weighted by Gasteiger charge is 2.34. The van der Waals surface area contributed by atoms with Crippen LogP contribution in [0.5, 0.6) is 0 Å². The van der Waals surface area contributed by atoms with E-state index in [0.717, 1.165) is 10.7 Å². The molecule has 3 heterocycles. The van der Waals surface area contributed by atoms with E-state index in [1.807, 2.05) is 0 Å². The molecule has 3 aromatic heterocycles. The molecule has 0 bridgehead atoms. The second-order valence-electron chi connectivity index (χ2n) is 6.46. The quantitative estimate of drug-likeness (QED) is 0.502. The van der Waals surface area contributed by atoms with Gasteiger partial charge in [0.15, 0.2) is 5.69 Å². The van der Waals surface area contributed by atoms with E-state index in [9.17, 15) is 22.4 Å². The van der Waals surface area contributed by atoms with Crippen LogP contribution in [0, 0.1) is 5.82 Å². The summed E-state index contributed by atoms with van der Waals surface area (Å²) in [5, 5.41) is 6.40. The SMILES string of the molecule is Cn1nc(C(F)(F)F)cc1NC(=O)c1ccc2cc(-c3ncccc3F)cnc2c1. The Labute approximate surface area is 167 Å². The molecule has 1 aromatic carbocycles. The highest BCUT2D eigenvalue weighted by Crippen LogP contribution is 2.30. The largest absolute Gasteiger partial charge is 0.435 e. The number of benzene rings is 1. The fourth-order valence-corrected chi connectivity index (χ4v) is 2.90. The third-order valence-corrected chi connectivity index (χ3v) is 4.39. The van der Waals surface area contributed by atoms with Crippen LogP contribution in [-0.4, -0.2) is 25.7 Å². The Balaban J connectivity index is 1.61. The summed E-state index contributed by atoms with van der Waals surface area (Å²) in [6, 6.07) is 9.83. The predicted molar refractivity (Wildman–Crippen MR) is 101 cm³/mol. The van der Waals surface area contributed by atoms with Crippen LogP contribution in [0.3, 0.4) is 0 Å². The number of aromatic nitrogens is 4. The number of hydrogen-bond acceptors (Lipinski definition) is 4. The molecule has 30 heavy (non-hydrogen) atoms. The summed E-state index contributed by atoms with van der Waals surface area (Å²) in [7, 11) is 1.30. The van der Waals surface area contributed by atoms with Crippen molar-refractivity contribution in [1.29, 1.82) is 0 Å². The first-order valence-electron chi connectivity index (χ1n) is 8.65. The molecule has 0 unspecified atom stereocenters. The minimum absolute atomic E-state index is 0.0960. The zero-order valence-corrected chi connectivity index (χ0v) is 15.4. The lowest BCUT2D eigenvalue weighted by molar-refractivity contribution is -0.141. The average Bonchev–Trinajstić information content (AvgIpc) is 3.08. The van der Waals surface area contributed by atoms with Crippen molar-refractivity contribution in [1.82, 2.24) is 19.7 Å². The van der Waals surface area contributed by atoms with Crippen LogP contribution in [-0.2, 0) is 13.2 Å². The molecular formula is C20H13F4N5O. The maximum absolute atomic E-state index is 13.9. The van der Waals surface area contributed by atoms with Gasteiger partial charge in [0, 0.05) is 42.0 Å². The van der Waals surface area contributed by atoms with Crippen molar-refractivity contribution >= 4 is 22.6 Å². The molecule has 1 amide bonds. The van der Waals surface area contributed by atoms with Gasteiger partial charge in [-0.1, -0.05) is 6.07 Å². The van der Waals surface area contributed by atoms with Crippen molar-refractivity contribution in [2.45, 2.75) is 6.18 Å². The number of alkyl halides is 3. The lowest BCUT2D eigenvalue weighted by Gasteiger charge is -2.07. The molecule has 4 aromatic rings. The number of aryl methyl sites for hydroxylation is 1. The smallest absolute Gasteiger partial charge is 0.307 e. The number of halogens is 4. The van der Waals surface area contributed by atoms with Gasteiger partial charge >= 0.3 is 6.18 Å². The maximum atomic E-state index is 13.9. The van der Waals surface area contributed by atoms with E-state index in [1.54, 1.807) is 12.1 Å². The van der Waals surface area contributed by atoms with E-state index in [4.69, 9.17) is 0 Å². The van der Waals surface area contributed by atoms with Gasteiger partial charge < -0.3 is 5.32 Å². The van der Waals surface area contributed by atoms with Crippen LogP contribution in [0.4, 0.5) is 23.4 Å². The van der Waals surface area contributed by atoms with Gasteiger partial charge in [-0.3, -0.25) is 19.4 Å². The Bertz CT molecular complexity index is 1270. The lowest BCUT2D eigenvalue weighted by atomic mass is 10.1. The van der Waals surface area contributed by atoms with Gasteiger partial charge in [0.1, 0.15) is 17.3 Å². The molecule has 4 rings (SSSR count). The van der Waals surface area contributed by atoms with Gasteiger partial charge in [0.05, 0.1) is 5.52 Å². The van der Waals surface area contributed by atoms with Crippen molar-refractivity contribution in [3.63, 3.8) is 0 Å². The summed E-state index contributed by atoms with van der Waals surface area (Å²) in [6.07, 6.45) is -1.71. The molecule has 0 fully saturated rings. The number of nitrogens with zero attached hydrogens (tertiary/aromatic N) is 4. The zero-order valence-electron chi connectivity index (χ0n) is 15.4. The Hall–Kier alpha value is -3.82. The van der Waals surface area contributed by atoms with Crippen LogP contribution < -0.4 is 5.32 Å². The molecule has 0 aliphatic carbocycles. The Morgan fingerprint density at radius 1 is 1.10 bits per heavy atom. The molecule has 0 saturated carbocycles. The van der Waals surface area contributed by atoms with Crippen LogP contribution >= 0.6 is 0 Å². The molecule has 0 radical (unpaired) electrons. The molecule has 6 nitrogen and oxygen atoms in total. The van der Waals surface area contributed by atoms with Crippen LogP contribution in [0.2, 0.25) is 0 Å². The first kappa shape index (κ1) is 19.5. The number of anilines is 1. The number of nitrogens with one attached hydrogen (secondary N) is 1. The zero-order chi connectivity index (χ0) is 21.5. The van der Waals surface area contributed by atoms with Crippen molar-refractivity contribution in [2.24, 2.45) is 7.05 Å². The van der Waals surface area contributed by atoms with Crippen LogP contribution in [0.1, 0.15) is 16.1 Å². The van der Waals surface area contributed by atoms with E-state index in [-0.39, 0.29) is 17.1 Å². The number of carbonyl (C=O) groups is 1. The Morgan fingerprint density at radius 2 is 1.90 bits per heavy atom. The van der Waals surface area contributed by atoms with E-state index in [1.165, 1.54) is 43.7 Å². The third kappa shape index (κ3) is 3.71. The summed E-state index contributed by atoms with van der Waals surface area (Å²) in [6.45, 7) is 0. The van der Waals surface area contributed by atoms with Gasteiger partial charge in [-0.15, -0.1) is 0 Å². The van der Waals surface area contributed by atoms with Crippen molar-refractivity contribution in [2.75, 3.05) is 5.32 Å². The van der Waals surface area contributed by atoms with Crippen LogP contribution in [0.15, 0.2) is 54.9 Å². The summed E-state index contributed by atoms with van der Waals surface area (Å²) < 4.78 is 53.2. The molecule has 0 aliphatic heterocycles. The number of fused-ring (bicyclic) bond motifs is 1. The monoisotopic (exact) mass is 415 g/mol. The van der Waals surface area contributed by atoms with E-state index >= 15 is 0 Å². The Morgan fingerprint density at radius 3 is 2.60 bits per heavy atom. The van der Waals surface area contributed by atoms with Gasteiger partial charge in [0.25, 0.3) is 5.91 Å². The number of hydrogen-bond donors (Lipinski definition) is 1. The highest BCUT2D eigenvalue weighted by atomic mass is 19.4. The standard InChI is InChI=1S/C20H13F4N5O/c1-29-17(9-16(28-29)20(22,23)24)27-19(30)12-5-4-11-7-13(10-26-15(11)8-12)18-14(21)3-2-6-25-18/h2-10H,1H3,(H,27,30). The second kappa shape index (κ2) is 7.21. The minimum Gasteiger partial charge on any atom is -0.307 e. The second-order valence-corrected chi connectivity index (χ2v) is 6.46. The predicted octanol–water partition coefficient (Wildman–Crippen LogP) is 4.44. The summed E-state index contributed by atoms with van der Waals surface area (Å²) in [5.74, 6) is -1.19. The fraction of sp³-hybridized carbons (Fsp3) is 0.100. The number of amides is 1. The Kier molecular flexibility index (Phi) is 4.69. The maximum Gasteiger partial charge on any atom is 0.435 e. The average molecular weight is 415 g/mol. The molecular weight excluding hydrogens is 402 g/mol. The van der Waals surface area contributed by atoms with Crippen molar-refractivity contribution in [3.8, 4) is 11.3 Å². The van der Waals surface area contributed by atoms with Gasteiger partial charge in [-0.05, 0) is 30.3 Å². The molecule has 0 spiro atoms. The number of carbonyl (C=O) groups excluding carboxylic acids is 1. The fourth-order valence-electron chi connectivity index (χ4n) is 2.90. The topological polar surface area (TPSA) is 72.7 Å². The molecule has 152 valence electrons. The minimum atomic E-state index is -4.61. The highest BCUT2D eigenvalue weighted by molar-refractivity contribution is 6.05. The summed E-state index contributed by atoms with van der Waals surface area (Å²) in [4.78, 5) is 20.7. The number of rotatable bonds is 3. The number of pyridine rings is 2. The molecule has 0 atom stereocenters. The van der Waals surface area contributed by atoms with Crippen molar-refractivity contribution in [3.05, 3.63) is 71.9 Å². The molecule has 0 aliphatic rings. The molecule has 1 N–H and O–H groups in total. The van der Waals surface area contributed by atoms with Gasteiger partial charge in [0.2, 0.25) is 0 Å². The first-order chi connectivity index (χ1) is 14.2. The molecule has 10 heteroatoms. The van der Waals surface area contributed by atoms with E-state index < -0.39 is 23.6 Å². The summed E-state index contributed by atoms with van der Waals surface area (Å²) >= 11 is 0. The van der Waals surface area contributed by atoms with Gasteiger partial charge in [-0.25, -0.2) is 4.39 Å². The molecule has 0 saturated heterocycles. The normalized spacial score (nSPS) is 11.6. The van der Waals surface area contributed by atoms with Gasteiger partial charge in [-0.2, -0.15) is 18.3 Å².